The van der Waals surface area contributed by atoms with E-state index < -0.39 is 5.60 Å². The lowest BCUT2D eigenvalue weighted by atomic mass is 9.96. The van der Waals surface area contributed by atoms with Crippen LogP contribution >= 0.6 is 0 Å². The monoisotopic (exact) mass is 438 g/mol. The van der Waals surface area contributed by atoms with Gasteiger partial charge in [0, 0.05) is 56.3 Å². The Morgan fingerprint density at radius 2 is 2.09 bits per heavy atom. The van der Waals surface area contributed by atoms with Gasteiger partial charge in [0.25, 0.3) is 0 Å². The number of fused-ring (bicyclic) bond motifs is 1. The van der Waals surface area contributed by atoms with E-state index >= 15 is 0 Å². The van der Waals surface area contributed by atoms with Gasteiger partial charge in [-0.25, -0.2) is 9.97 Å². The molecule has 3 aromatic rings. The van der Waals surface area contributed by atoms with Crippen LogP contribution in [0.3, 0.4) is 0 Å². The molecule has 1 atom stereocenters. The Morgan fingerprint density at radius 3 is 2.72 bits per heavy atom. The van der Waals surface area contributed by atoms with Crippen LogP contribution in [-0.4, -0.2) is 61.1 Å². The average Bonchev–Trinajstić information content (AvgIpc) is 3.38. The predicted molar refractivity (Wildman–Crippen MR) is 118 cm³/mol. The highest BCUT2D eigenvalue weighted by molar-refractivity contribution is 5.98. The summed E-state index contributed by atoms with van der Waals surface area (Å²) in [5.74, 6) is 1.02. The largest absolute Gasteiger partial charge is 0.497 e. The van der Waals surface area contributed by atoms with Gasteiger partial charge >= 0.3 is 0 Å². The number of nitrogens with zero attached hydrogens (tertiary/aromatic N) is 3. The normalized spacial score (nSPS) is 21.0. The first-order valence-electron chi connectivity index (χ1n) is 10.6. The predicted octanol–water partition coefficient (Wildman–Crippen LogP) is 2.90. The van der Waals surface area contributed by atoms with Crippen molar-refractivity contribution in [2.45, 2.75) is 25.0 Å². The average molecular weight is 438 g/mol. The number of methoxy groups -OCH3 is 2. The summed E-state index contributed by atoms with van der Waals surface area (Å²) in [6, 6.07) is 5.94. The molecule has 2 fully saturated rings. The van der Waals surface area contributed by atoms with Gasteiger partial charge in [-0.1, -0.05) is 0 Å². The Labute approximate surface area is 185 Å². The molecule has 0 saturated carbocycles. The molecule has 2 aliphatic rings. The maximum Gasteiger partial charge on any atom is 0.222 e. The number of nitrogens with one attached hydrogen (secondary N) is 1. The molecule has 9 heteroatoms. The Kier molecular flexibility index (Phi) is 5.32. The molecule has 0 bridgehead atoms. The van der Waals surface area contributed by atoms with Crippen LogP contribution in [0.2, 0.25) is 0 Å². The van der Waals surface area contributed by atoms with E-state index in [1.54, 1.807) is 20.4 Å². The van der Waals surface area contributed by atoms with Crippen LogP contribution in [0.15, 0.2) is 30.6 Å². The molecule has 0 aliphatic carbocycles. The number of aromatic nitrogens is 3. The molecule has 3 aromatic heterocycles. The van der Waals surface area contributed by atoms with E-state index in [4.69, 9.17) is 23.9 Å². The van der Waals surface area contributed by atoms with Gasteiger partial charge in [-0.05, 0) is 6.07 Å². The lowest BCUT2D eigenvalue weighted by Crippen LogP contribution is -2.30. The maximum absolute atomic E-state index is 11.6. The summed E-state index contributed by atoms with van der Waals surface area (Å²) >= 11 is 0. The number of carbonyl (C=O) groups is 1. The van der Waals surface area contributed by atoms with Crippen LogP contribution in [0, 0.1) is 0 Å². The minimum atomic E-state index is -0.605. The molecule has 168 valence electrons. The van der Waals surface area contributed by atoms with Crippen LogP contribution in [-0.2, 0) is 24.6 Å². The van der Waals surface area contributed by atoms with Crippen LogP contribution in [0.4, 0.5) is 5.82 Å². The number of hydrogen-bond acceptors (Lipinski definition) is 7. The smallest absolute Gasteiger partial charge is 0.222 e. The standard InChI is InChI=1S/C23H26N4O5/c1-14(28)25-22-8-17-18(10-27(15-11-32-12-15)20(17)9-24-22)19-6-16(29-2)7-21(26-19)23(30-3)4-5-31-13-23/h6-10,15H,4-5,11-13H2,1-3H3,(H,24,25,28)/t23-/m0/s1. The SMILES string of the molecule is COc1cc(-c2cn(C3COC3)c3cnc(NC(C)=O)cc23)nc([C@]2(OC)CCOC2)c1. The van der Waals surface area contributed by atoms with Crippen molar-refractivity contribution in [2.24, 2.45) is 0 Å². The van der Waals surface area contributed by atoms with Crippen molar-refractivity contribution >= 4 is 22.6 Å². The van der Waals surface area contributed by atoms with Gasteiger partial charge in [-0.15, -0.1) is 0 Å². The number of carbonyl (C=O) groups excluding carboxylic acids is 1. The first-order chi connectivity index (χ1) is 15.5. The van der Waals surface area contributed by atoms with E-state index in [2.05, 4.69) is 21.1 Å². The highest BCUT2D eigenvalue weighted by atomic mass is 16.5. The third-order valence-corrected chi connectivity index (χ3v) is 6.19. The van der Waals surface area contributed by atoms with Crippen LogP contribution in [0.25, 0.3) is 22.2 Å². The molecule has 1 amide bonds. The molecule has 0 spiro atoms. The second-order valence-electron chi connectivity index (χ2n) is 8.19. The molecule has 0 aromatic carbocycles. The van der Waals surface area contributed by atoms with Gasteiger partial charge in [0.15, 0.2) is 0 Å². The highest BCUT2D eigenvalue weighted by Crippen LogP contribution is 2.39. The molecule has 0 unspecified atom stereocenters. The number of rotatable bonds is 6. The van der Waals surface area contributed by atoms with Crippen LogP contribution < -0.4 is 10.1 Å². The van der Waals surface area contributed by atoms with E-state index in [1.165, 1.54) is 6.92 Å². The fourth-order valence-corrected chi connectivity index (χ4v) is 4.30. The molecule has 5 rings (SSSR count). The molecule has 0 radical (unpaired) electrons. The van der Waals surface area contributed by atoms with Crippen molar-refractivity contribution in [2.75, 3.05) is 46.0 Å². The van der Waals surface area contributed by atoms with E-state index in [-0.39, 0.29) is 11.9 Å². The fraction of sp³-hybridized carbons (Fsp3) is 0.435. The highest BCUT2D eigenvalue weighted by Gasteiger charge is 2.39. The van der Waals surface area contributed by atoms with Crippen molar-refractivity contribution in [1.29, 1.82) is 0 Å². The lowest BCUT2D eigenvalue weighted by Gasteiger charge is -2.28. The number of ether oxygens (including phenoxy) is 4. The Balaban J connectivity index is 1.69. The van der Waals surface area contributed by atoms with E-state index in [1.807, 2.05) is 18.2 Å². The number of hydrogen-bond donors (Lipinski definition) is 1. The van der Waals surface area contributed by atoms with Crippen molar-refractivity contribution in [1.82, 2.24) is 14.5 Å². The number of anilines is 1. The van der Waals surface area contributed by atoms with Crippen molar-refractivity contribution in [3.8, 4) is 17.0 Å². The molecule has 32 heavy (non-hydrogen) atoms. The summed E-state index contributed by atoms with van der Waals surface area (Å²) in [4.78, 5) is 21.0. The first-order valence-corrected chi connectivity index (χ1v) is 10.6. The molecule has 5 heterocycles. The van der Waals surface area contributed by atoms with Gasteiger partial charge in [0.2, 0.25) is 5.91 Å². The summed E-state index contributed by atoms with van der Waals surface area (Å²) in [5, 5.41) is 3.71. The summed E-state index contributed by atoms with van der Waals surface area (Å²) in [6.45, 7) is 3.83. The van der Waals surface area contributed by atoms with Gasteiger partial charge < -0.3 is 28.8 Å². The molecular weight excluding hydrogens is 412 g/mol. The Morgan fingerprint density at radius 1 is 1.25 bits per heavy atom. The zero-order valence-electron chi connectivity index (χ0n) is 18.4. The van der Waals surface area contributed by atoms with Gasteiger partial charge in [0.05, 0.1) is 56.1 Å². The van der Waals surface area contributed by atoms with Crippen molar-refractivity contribution in [3.63, 3.8) is 0 Å². The lowest BCUT2D eigenvalue weighted by molar-refractivity contribution is -0.114. The molecule has 9 nitrogen and oxygen atoms in total. The van der Waals surface area contributed by atoms with Gasteiger partial charge in [0.1, 0.15) is 17.2 Å². The summed E-state index contributed by atoms with van der Waals surface area (Å²) in [6.07, 6.45) is 4.58. The molecular formula is C23H26N4O5. The van der Waals surface area contributed by atoms with Crippen molar-refractivity contribution in [3.05, 3.63) is 36.3 Å². The summed E-state index contributed by atoms with van der Waals surface area (Å²) < 4.78 is 24.7. The van der Waals surface area contributed by atoms with Crippen LogP contribution in [0.5, 0.6) is 5.75 Å². The minimum absolute atomic E-state index is 0.171. The minimum Gasteiger partial charge on any atom is -0.497 e. The topological polar surface area (TPSA) is 96.7 Å². The fourth-order valence-electron chi connectivity index (χ4n) is 4.30. The van der Waals surface area contributed by atoms with Crippen molar-refractivity contribution < 1.29 is 23.7 Å². The third kappa shape index (κ3) is 3.52. The summed E-state index contributed by atoms with van der Waals surface area (Å²) in [5.41, 5.74) is 2.81. The number of amides is 1. The van der Waals surface area contributed by atoms with Gasteiger partial charge in [-0.3, -0.25) is 4.79 Å². The Hall–Kier alpha value is -3.01. The van der Waals surface area contributed by atoms with Gasteiger partial charge in [-0.2, -0.15) is 0 Å². The van der Waals surface area contributed by atoms with E-state index in [0.29, 0.717) is 38.0 Å². The van der Waals surface area contributed by atoms with Crippen LogP contribution in [0.1, 0.15) is 25.1 Å². The zero-order valence-corrected chi connectivity index (χ0v) is 18.4. The number of pyridine rings is 2. The first kappa shape index (κ1) is 20.9. The zero-order chi connectivity index (χ0) is 22.3. The molecule has 2 aliphatic heterocycles. The third-order valence-electron chi connectivity index (χ3n) is 6.19. The molecule has 2 saturated heterocycles. The summed E-state index contributed by atoms with van der Waals surface area (Å²) in [7, 11) is 3.32. The maximum atomic E-state index is 11.6. The Bertz CT molecular complexity index is 1160. The second-order valence-corrected chi connectivity index (χ2v) is 8.19. The van der Waals surface area contributed by atoms with E-state index in [9.17, 15) is 4.79 Å². The quantitative estimate of drug-likeness (QED) is 0.632. The van der Waals surface area contributed by atoms with E-state index in [0.717, 1.165) is 34.3 Å². The second kappa shape index (κ2) is 8.16. The molecule has 1 N–H and O–H groups in total.